The summed E-state index contributed by atoms with van der Waals surface area (Å²) < 4.78 is 10.9. The molecule has 1 heterocycles. The summed E-state index contributed by atoms with van der Waals surface area (Å²) in [6.07, 6.45) is 1.70. The van der Waals surface area contributed by atoms with Crippen LogP contribution in [0.25, 0.3) is 10.8 Å². The molecule has 0 saturated carbocycles. The molecular weight excluding hydrogens is 262 g/mol. The zero-order chi connectivity index (χ0) is 14.7. The van der Waals surface area contributed by atoms with E-state index in [1.54, 1.807) is 13.4 Å². The molecule has 0 bridgehead atoms. The highest BCUT2D eigenvalue weighted by molar-refractivity contribution is 5.87. The van der Waals surface area contributed by atoms with E-state index >= 15 is 0 Å². The summed E-state index contributed by atoms with van der Waals surface area (Å²) in [6.45, 7) is 2.82. The summed E-state index contributed by atoms with van der Waals surface area (Å²) >= 11 is 0. The molecule has 3 rings (SSSR count). The molecule has 0 saturated heterocycles. The fourth-order valence-electron chi connectivity index (χ4n) is 2.58. The quantitative estimate of drug-likeness (QED) is 0.757. The predicted octanol–water partition coefficient (Wildman–Crippen LogP) is 4.29. The lowest BCUT2D eigenvalue weighted by Gasteiger charge is -2.16. The van der Waals surface area contributed by atoms with E-state index in [2.05, 4.69) is 42.6 Å². The van der Waals surface area contributed by atoms with Gasteiger partial charge in [-0.3, -0.25) is 0 Å². The predicted molar refractivity (Wildman–Crippen MR) is 84.5 cm³/mol. The second kappa shape index (κ2) is 6.02. The van der Waals surface area contributed by atoms with Crippen LogP contribution in [0, 0.1) is 0 Å². The van der Waals surface area contributed by atoms with Crippen LogP contribution in [0.1, 0.15) is 24.3 Å². The summed E-state index contributed by atoms with van der Waals surface area (Å²) in [4.78, 5) is 0. The monoisotopic (exact) mass is 281 g/mol. The minimum Gasteiger partial charge on any atom is -0.496 e. The molecule has 0 fully saturated rings. The molecule has 1 atom stereocenters. The lowest BCUT2D eigenvalue weighted by Crippen LogP contribution is -2.18. The Bertz CT molecular complexity index is 719. The van der Waals surface area contributed by atoms with Gasteiger partial charge in [0.1, 0.15) is 11.5 Å². The van der Waals surface area contributed by atoms with Crippen molar-refractivity contribution in [1.29, 1.82) is 0 Å². The molecule has 3 nitrogen and oxygen atoms in total. The van der Waals surface area contributed by atoms with Crippen molar-refractivity contribution < 1.29 is 9.15 Å². The zero-order valence-electron chi connectivity index (χ0n) is 12.3. The van der Waals surface area contributed by atoms with E-state index in [0.29, 0.717) is 0 Å². The summed E-state index contributed by atoms with van der Waals surface area (Å²) in [5.74, 6) is 1.85. The van der Waals surface area contributed by atoms with Crippen LogP contribution >= 0.6 is 0 Å². The smallest absolute Gasteiger partial charge is 0.123 e. The van der Waals surface area contributed by atoms with Crippen LogP contribution in [0.4, 0.5) is 0 Å². The fourth-order valence-corrected chi connectivity index (χ4v) is 2.58. The van der Waals surface area contributed by atoms with Crippen molar-refractivity contribution >= 4 is 10.8 Å². The van der Waals surface area contributed by atoms with E-state index in [0.717, 1.165) is 18.1 Å². The number of rotatable bonds is 5. The number of hydrogen-bond acceptors (Lipinski definition) is 3. The molecular formula is C18H19NO2. The van der Waals surface area contributed by atoms with E-state index in [9.17, 15) is 0 Å². The van der Waals surface area contributed by atoms with Crippen molar-refractivity contribution in [2.75, 3.05) is 7.11 Å². The number of nitrogens with one attached hydrogen (secondary N) is 1. The van der Waals surface area contributed by atoms with E-state index in [4.69, 9.17) is 9.15 Å². The topological polar surface area (TPSA) is 34.4 Å². The number of methoxy groups -OCH3 is 1. The lowest BCUT2D eigenvalue weighted by molar-refractivity contribution is 0.400. The maximum atomic E-state index is 5.51. The molecule has 0 aliphatic carbocycles. The molecule has 0 radical (unpaired) electrons. The van der Waals surface area contributed by atoms with Gasteiger partial charge >= 0.3 is 0 Å². The lowest BCUT2D eigenvalue weighted by atomic mass is 10.0. The Morgan fingerprint density at radius 2 is 1.95 bits per heavy atom. The van der Waals surface area contributed by atoms with Gasteiger partial charge in [-0.1, -0.05) is 30.3 Å². The van der Waals surface area contributed by atoms with E-state index < -0.39 is 0 Å². The summed E-state index contributed by atoms with van der Waals surface area (Å²) in [6, 6.07) is 16.5. The van der Waals surface area contributed by atoms with Crippen molar-refractivity contribution in [2.24, 2.45) is 0 Å². The first kappa shape index (κ1) is 13.7. The minimum atomic E-state index is 0.156. The van der Waals surface area contributed by atoms with Gasteiger partial charge in [0.25, 0.3) is 0 Å². The van der Waals surface area contributed by atoms with Gasteiger partial charge in [-0.15, -0.1) is 0 Å². The van der Waals surface area contributed by atoms with Crippen LogP contribution in [0.3, 0.4) is 0 Å². The van der Waals surface area contributed by atoms with Crippen LogP contribution in [0.15, 0.2) is 59.2 Å². The Labute approximate surface area is 124 Å². The van der Waals surface area contributed by atoms with E-state index in [-0.39, 0.29) is 6.04 Å². The van der Waals surface area contributed by atoms with Gasteiger partial charge < -0.3 is 14.5 Å². The molecule has 108 valence electrons. The Balaban J connectivity index is 1.88. The van der Waals surface area contributed by atoms with Gasteiger partial charge in [0, 0.05) is 12.1 Å². The summed E-state index contributed by atoms with van der Waals surface area (Å²) in [7, 11) is 1.71. The highest BCUT2D eigenvalue weighted by Gasteiger charge is 2.12. The molecule has 1 aromatic heterocycles. The Morgan fingerprint density at radius 3 is 2.71 bits per heavy atom. The van der Waals surface area contributed by atoms with Crippen LogP contribution in [0.5, 0.6) is 5.75 Å². The van der Waals surface area contributed by atoms with Crippen LogP contribution < -0.4 is 10.1 Å². The van der Waals surface area contributed by atoms with E-state index in [1.165, 1.54) is 16.3 Å². The highest BCUT2D eigenvalue weighted by Crippen LogP contribution is 2.28. The fraction of sp³-hybridized carbons (Fsp3) is 0.222. The highest BCUT2D eigenvalue weighted by atomic mass is 16.5. The standard InChI is InChI=1S/C18H19NO2/c1-13(17-8-5-11-21-17)19-12-16-15-7-4-3-6-14(15)9-10-18(16)20-2/h3-11,13,19H,12H2,1-2H3/t13-/m0/s1. The van der Waals surface area contributed by atoms with Gasteiger partial charge in [-0.05, 0) is 35.9 Å². The average molecular weight is 281 g/mol. The molecule has 0 aliphatic heterocycles. The molecule has 21 heavy (non-hydrogen) atoms. The number of ether oxygens (including phenoxy) is 1. The number of fused-ring (bicyclic) bond motifs is 1. The summed E-state index contributed by atoms with van der Waals surface area (Å²) in [5.41, 5.74) is 1.18. The van der Waals surface area contributed by atoms with Crippen molar-refractivity contribution in [3.63, 3.8) is 0 Å². The van der Waals surface area contributed by atoms with Gasteiger partial charge in [0.2, 0.25) is 0 Å². The van der Waals surface area contributed by atoms with Crippen molar-refractivity contribution in [3.8, 4) is 5.75 Å². The molecule has 0 unspecified atom stereocenters. The largest absolute Gasteiger partial charge is 0.496 e. The Kier molecular flexibility index (Phi) is 3.93. The van der Waals surface area contributed by atoms with Crippen LogP contribution in [-0.2, 0) is 6.54 Å². The first-order chi connectivity index (χ1) is 10.3. The van der Waals surface area contributed by atoms with Gasteiger partial charge in [0.05, 0.1) is 19.4 Å². The van der Waals surface area contributed by atoms with Gasteiger partial charge in [0.15, 0.2) is 0 Å². The maximum Gasteiger partial charge on any atom is 0.123 e. The first-order valence-corrected chi connectivity index (χ1v) is 7.11. The third kappa shape index (κ3) is 2.78. The molecule has 3 heteroatoms. The van der Waals surface area contributed by atoms with E-state index in [1.807, 2.05) is 18.2 Å². The van der Waals surface area contributed by atoms with Gasteiger partial charge in [-0.25, -0.2) is 0 Å². The minimum absolute atomic E-state index is 0.156. The molecule has 0 amide bonds. The third-order valence-corrected chi connectivity index (χ3v) is 3.77. The maximum absolute atomic E-state index is 5.51. The van der Waals surface area contributed by atoms with Crippen LogP contribution in [0.2, 0.25) is 0 Å². The third-order valence-electron chi connectivity index (χ3n) is 3.77. The van der Waals surface area contributed by atoms with Gasteiger partial charge in [-0.2, -0.15) is 0 Å². The summed E-state index contributed by atoms with van der Waals surface area (Å²) in [5, 5.41) is 5.94. The average Bonchev–Trinajstić information content (AvgIpc) is 3.06. The van der Waals surface area contributed by atoms with Crippen molar-refractivity contribution in [3.05, 3.63) is 66.1 Å². The molecule has 0 spiro atoms. The Morgan fingerprint density at radius 1 is 1.10 bits per heavy atom. The molecule has 3 aromatic rings. The Hall–Kier alpha value is -2.26. The number of hydrogen-bond donors (Lipinski definition) is 1. The molecule has 2 aromatic carbocycles. The number of furan rings is 1. The normalized spacial score (nSPS) is 12.5. The second-order valence-electron chi connectivity index (χ2n) is 5.09. The van der Waals surface area contributed by atoms with Crippen molar-refractivity contribution in [1.82, 2.24) is 5.32 Å². The van der Waals surface area contributed by atoms with Crippen molar-refractivity contribution in [2.45, 2.75) is 19.5 Å². The van der Waals surface area contributed by atoms with Crippen LogP contribution in [-0.4, -0.2) is 7.11 Å². The molecule has 1 N–H and O–H groups in total. The second-order valence-corrected chi connectivity index (χ2v) is 5.09. The number of benzene rings is 2. The molecule has 0 aliphatic rings. The SMILES string of the molecule is COc1ccc2ccccc2c1CN[C@@H](C)c1ccco1. The first-order valence-electron chi connectivity index (χ1n) is 7.11. The zero-order valence-corrected chi connectivity index (χ0v) is 12.3.